The van der Waals surface area contributed by atoms with Crippen LogP contribution >= 0.6 is 11.5 Å². The Bertz CT molecular complexity index is 756. The van der Waals surface area contributed by atoms with E-state index in [1.807, 2.05) is 18.2 Å². The number of rotatable bonds is 9. The number of unbranched alkanes of at least 4 members (excludes halogenated alkanes) is 2. The minimum absolute atomic E-state index is 0.127. The summed E-state index contributed by atoms with van der Waals surface area (Å²) in [5.74, 6) is 2.03. The van der Waals surface area contributed by atoms with Crippen molar-refractivity contribution >= 4 is 22.6 Å². The zero-order chi connectivity index (χ0) is 19.8. The van der Waals surface area contributed by atoms with Crippen LogP contribution < -0.4 is 15.0 Å². The Morgan fingerprint density at radius 3 is 2.89 bits per heavy atom. The normalized spacial score (nSPS) is 14.9. The number of carbonyl (C=O) groups excluding carboxylic acids is 1. The number of nitrogens with zero attached hydrogens (tertiary/aromatic N) is 3. The molecule has 0 bridgehead atoms. The summed E-state index contributed by atoms with van der Waals surface area (Å²) in [7, 11) is 1.67. The molecule has 0 aliphatic carbocycles. The van der Waals surface area contributed by atoms with Gasteiger partial charge in [-0.15, -0.1) is 0 Å². The molecular formula is C21H30N4O2S. The third-order valence-electron chi connectivity index (χ3n) is 5.17. The van der Waals surface area contributed by atoms with Gasteiger partial charge in [0.15, 0.2) is 0 Å². The molecule has 2 aromatic rings. The van der Waals surface area contributed by atoms with Crippen molar-refractivity contribution in [3.63, 3.8) is 0 Å². The van der Waals surface area contributed by atoms with E-state index in [0.717, 1.165) is 61.2 Å². The molecule has 0 radical (unpaired) electrons. The van der Waals surface area contributed by atoms with E-state index >= 15 is 0 Å². The third kappa shape index (κ3) is 5.67. The second-order valence-corrected chi connectivity index (χ2v) is 8.01. The number of hydrogen-bond donors (Lipinski definition) is 1. The summed E-state index contributed by atoms with van der Waals surface area (Å²) in [6.07, 6.45) is 5.88. The van der Waals surface area contributed by atoms with Crippen molar-refractivity contribution in [2.45, 2.75) is 45.4 Å². The first-order valence-corrected chi connectivity index (χ1v) is 10.9. The van der Waals surface area contributed by atoms with E-state index in [2.05, 4.69) is 27.6 Å². The molecule has 1 amide bonds. The van der Waals surface area contributed by atoms with Crippen LogP contribution in [0.5, 0.6) is 5.75 Å². The minimum atomic E-state index is 0.127. The van der Waals surface area contributed by atoms with Gasteiger partial charge in [-0.25, -0.2) is 4.98 Å². The molecule has 7 heteroatoms. The smallest absolute Gasteiger partial charge is 0.223 e. The van der Waals surface area contributed by atoms with Gasteiger partial charge in [0.05, 0.1) is 7.11 Å². The lowest BCUT2D eigenvalue weighted by atomic mass is 9.96. The van der Waals surface area contributed by atoms with E-state index in [9.17, 15) is 4.79 Å². The summed E-state index contributed by atoms with van der Waals surface area (Å²) in [6, 6.07) is 8.01. The summed E-state index contributed by atoms with van der Waals surface area (Å²) in [5, 5.41) is 4.05. The predicted octanol–water partition coefficient (Wildman–Crippen LogP) is 3.66. The molecule has 1 fully saturated rings. The Morgan fingerprint density at radius 1 is 1.32 bits per heavy atom. The molecule has 2 heterocycles. The van der Waals surface area contributed by atoms with Gasteiger partial charge in [0, 0.05) is 43.5 Å². The molecule has 0 atom stereocenters. The molecule has 3 rings (SSSR count). The topological polar surface area (TPSA) is 67.4 Å². The Kier molecular flexibility index (Phi) is 7.65. The molecule has 1 N–H and O–H groups in total. The number of benzene rings is 1. The largest absolute Gasteiger partial charge is 0.497 e. The number of carbonyl (C=O) groups is 1. The van der Waals surface area contributed by atoms with E-state index in [1.165, 1.54) is 24.4 Å². The number of amides is 1. The summed E-state index contributed by atoms with van der Waals surface area (Å²) in [5.41, 5.74) is 1.14. The lowest BCUT2D eigenvalue weighted by molar-refractivity contribution is -0.125. The highest BCUT2D eigenvalue weighted by atomic mass is 32.1. The van der Waals surface area contributed by atoms with Gasteiger partial charge in [-0.2, -0.15) is 4.37 Å². The van der Waals surface area contributed by atoms with Crippen LogP contribution in [0.4, 0.5) is 5.13 Å². The Labute approximate surface area is 171 Å². The Morgan fingerprint density at radius 2 is 2.14 bits per heavy atom. The zero-order valence-electron chi connectivity index (χ0n) is 16.8. The second kappa shape index (κ2) is 10.4. The Hall–Kier alpha value is -2.15. The van der Waals surface area contributed by atoms with Gasteiger partial charge in [-0.3, -0.25) is 4.79 Å². The van der Waals surface area contributed by atoms with Crippen LogP contribution in [-0.4, -0.2) is 42.0 Å². The van der Waals surface area contributed by atoms with E-state index in [0.29, 0.717) is 6.42 Å². The number of ether oxygens (including phenoxy) is 1. The average Bonchev–Trinajstić information content (AvgIpc) is 3.19. The first kappa shape index (κ1) is 20.6. The van der Waals surface area contributed by atoms with Crippen LogP contribution in [0.15, 0.2) is 24.3 Å². The summed E-state index contributed by atoms with van der Waals surface area (Å²) in [4.78, 5) is 19.3. The van der Waals surface area contributed by atoms with Gasteiger partial charge in [0.2, 0.25) is 11.0 Å². The van der Waals surface area contributed by atoms with E-state index in [-0.39, 0.29) is 11.8 Å². The molecular weight excluding hydrogens is 372 g/mol. The van der Waals surface area contributed by atoms with Crippen LogP contribution in [0.1, 0.15) is 50.4 Å². The molecule has 0 unspecified atom stereocenters. The number of methoxy groups -OCH3 is 1. The number of hydrogen-bond acceptors (Lipinski definition) is 6. The summed E-state index contributed by atoms with van der Waals surface area (Å²) >= 11 is 1.45. The van der Waals surface area contributed by atoms with Crippen molar-refractivity contribution in [2.24, 2.45) is 5.92 Å². The van der Waals surface area contributed by atoms with Crippen molar-refractivity contribution in [3.05, 3.63) is 35.7 Å². The summed E-state index contributed by atoms with van der Waals surface area (Å²) in [6.45, 7) is 4.70. The van der Waals surface area contributed by atoms with Crippen molar-refractivity contribution < 1.29 is 9.53 Å². The van der Waals surface area contributed by atoms with Gasteiger partial charge in [-0.05, 0) is 37.0 Å². The van der Waals surface area contributed by atoms with E-state index in [1.54, 1.807) is 7.11 Å². The fourth-order valence-electron chi connectivity index (χ4n) is 3.47. The van der Waals surface area contributed by atoms with E-state index < -0.39 is 0 Å². The standard InChI is InChI=1S/C21H30N4O2S/c1-3-4-5-11-22-20(26)17-9-12-25(13-10-17)21-23-19(24-28-21)15-16-7-6-8-18(14-16)27-2/h6-8,14,17H,3-5,9-13,15H2,1-2H3,(H,22,26). The molecule has 1 aromatic carbocycles. The van der Waals surface area contributed by atoms with E-state index in [4.69, 9.17) is 9.72 Å². The monoisotopic (exact) mass is 402 g/mol. The third-order valence-corrected chi connectivity index (χ3v) is 5.98. The first-order valence-electron chi connectivity index (χ1n) is 10.2. The minimum Gasteiger partial charge on any atom is -0.497 e. The van der Waals surface area contributed by atoms with Gasteiger partial charge >= 0.3 is 0 Å². The molecule has 1 aliphatic rings. The molecule has 0 spiro atoms. The van der Waals surface area contributed by atoms with Crippen molar-refractivity contribution in [1.82, 2.24) is 14.7 Å². The number of aromatic nitrogens is 2. The maximum Gasteiger partial charge on any atom is 0.223 e. The van der Waals surface area contributed by atoms with Crippen LogP contribution in [0.3, 0.4) is 0 Å². The quantitative estimate of drug-likeness (QED) is 0.649. The summed E-state index contributed by atoms with van der Waals surface area (Å²) < 4.78 is 9.80. The second-order valence-electron chi connectivity index (χ2n) is 7.28. The van der Waals surface area contributed by atoms with Crippen molar-refractivity contribution in [1.29, 1.82) is 0 Å². The molecule has 28 heavy (non-hydrogen) atoms. The average molecular weight is 403 g/mol. The van der Waals surface area contributed by atoms with Crippen LogP contribution in [-0.2, 0) is 11.2 Å². The number of piperidine rings is 1. The lowest BCUT2D eigenvalue weighted by Crippen LogP contribution is -2.40. The first-order chi connectivity index (χ1) is 13.7. The van der Waals surface area contributed by atoms with Gasteiger partial charge < -0.3 is 15.0 Å². The predicted molar refractivity (Wildman–Crippen MR) is 113 cm³/mol. The molecule has 1 aromatic heterocycles. The fraction of sp³-hybridized carbons (Fsp3) is 0.571. The SMILES string of the molecule is CCCCCNC(=O)C1CCN(c2nc(Cc3cccc(OC)c3)ns2)CC1. The maximum absolute atomic E-state index is 12.3. The molecule has 6 nitrogen and oxygen atoms in total. The molecule has 1 aliphatic heterocycles. The van der Waals surface area contributed by atoms with Crippen molar-refractivity contribution in [3.8, 4) is 5.75 Å². The highest BCUT2D eigenvalue weighted by molar-refractivity contribution is 7.09. The zero-order valence-corrected chi connectivity index (χ0v) is 17.6. The fourth-order valence-corrected chi connectivity index (χ4v) is 4.21. The van der Waals surface area contributed by atoms with Gasteiger partial charge in [0.1, 0.15) is 11.6 Å². The molecule has 152 valence electrons. The Balaban J connectivity index is 1.48. The van der Waals surface area contributed by atoms with Crippen LogP contribution in [0.2, 0.25) is 0 Å². The molecule has 1 saturated heterocycles. The number of anilines is 1. The highest BCUT2D eigenvalue weighted by Gasteiger charge is 2.26. The van der Waals surface area contributed by atoms with Crippen LogP contribution in [0, 0.1) is 5.92 Å². The lowest BCUT2D eigenvalue weighted by Gasteiger charge is -2.30. The van der Waals surface area contributed by atoms with Crippen molar-refractivity contribution in [2.75, 3.05) is 31.6 Å². The van der Waals surface area contributed by atoms with Gasteiger partial charge in [0.25, 0.3) is 0 Å². The van der Waals surface area contributed by atoms with Gasteiger partial charge in [-0.1, -0.05) is 31.9 Å². The highest BCUT2D eigenvalue weighted by Crippen LogP contribution is 2.26. The number of nitrogens with one attached hydrogen (secondary N) is 1. The molecule has 0 saturated carbocycles. The maximum atomic E-state index is 12.3. The van der Waals surface area contributed by atoms with Crippen LogP contribution in [0.25, 0.3) is 0 Å².